The summed E-state index contributed by atoms with van der Waals surface area (Å²) >= 11 is 5.52. The van der Waals surface area contributed by atoms with Gasteiger partial charge in [0.2, 0.25) is 0 Å². The van der Waals surface area contributed by atoms with E-state index < -0.39 is 21.2 Å². The Kier molecular flexibility index (Phi) is 3.88. The summed E-state index contributed by atoms with van der Waals surface area (Å²) in [6.45, 7) is 3.46. The van der Waals surface area contributed by atoms with Crippen LogP contribution in [-0.2, 0) is 14.7 Å². The van der Waals surface area contributed by atoms with Crippen molar-refractivity contribution in [1.29, 1.82) is 0 Å². The van der Waals surface area contributed by atoms with Gasteiger partial charge in [0.15, 0.2) is 15.9 Å². The van der Waals surface area contributed by atoms with Crippen molar-refractivity contribution in [2.45, 2.75) is 31.3 Å². The number of hydrogen-bond donors (Lipinski definition) is 0. The summed E-state index contributed by atoms with van der Waals surface area (Å²) in [6.07, 6.45) is 1.11. The Balaban J connectivity index is 2.67. The molecule has 0 bridgehead atoms. The zero-order valence-electron chi connectivity index (χ0n) is 11.3. The van der Waals surface area contributed by atoms with Crippen molar-refractivity contribution in [3.8, 4) is 0 Å². The minimum absolute atomic E-state index is 0.145. The van der Waals surface area contributed by atoms with Crippen molar-refractivity contribution in [3.05, 3.63) is 28.8 Å². The smallest absolute Gasteiger partial charge is 0.252 e. The van der Waals surface area contributed by atoms with E-state index in [-0.39, 0.29) is 10.5 Å². The third-order valence-corrected chi connectivity index (χ3v) is 4.58. The first kappa shape index (κ1) is 15.0. The summed E-state index contributed by atoms with van der Waals surface area (Å²) in [4.78, 5) is 16.8. The van der Waals surface area contributed by atoms with Crippen LogP contribution >= 0.6 is 11.6 Å². The first-order chi connectivity index (χ1) is 9.21. The maximum atomic E-state index is 11.9. The standard InChI is InChI=1S/C13H14ClNO4S/c1-7-6-10(19-15-7)12-8(2)9(13(14)16)4-5-11(12)20(3,17)18/h4-5,10H,6H2,1-3H3. The molecule has 1 aromatic carbocycles. The number of hydrogen-bond acceptors (Lipinski definition) is 5. The lowest BCUT2D eigenvalue weighted by atomic mass is 9.96. The second-order valence-electron chi connectivity index (χ2n) is 4.82. The van der Waals surface area contributed by atoms with Crippen LogP contribution in [0.25, 0.3) is 0 Å². The molecule has 108 valence electrons. The van der Waals surface area contributed by atoms with E-state index in [0.717, 1.165) is 12.0 Å². The lowest BCUT2D eigenvalue weighted by molar-refractivity contribution is 0.0831. The minimum atomic E-state index is -3.44. The number of carbonyl (C=O) groups is 1. The number of rotatable bonds is 3. The molecule has 1 aliphatic heterocycles. The van der Waals surface area contributed by atoms with E-state index in [1.165, 1.54) is 12.1 Å². The maximum Gasteiger partial charge on any atom is 0.252 e. The third kappa shape index (κ3) is 2.71. The highest BCUT2D eigenvalue weighted by molar-refractivity contribution is 7.90. The minimum Gasteiger partial charge on any atom is -0.387 e. The van der Waals surface area contributed by atoms with Gasteiger partial charge in [0.05, 0.1) is 10.6 Å². The first-order valence-electron chi connectivity index (χ1n) is 5.94. The summed E-state index contributed by atoms with van der Waals surface area (Å²) in [5.41, 5.74) is 2.03. The van der Waals surface area contributed by atoms with E-state index in [2.05, 4.69) is 5.16 Å². The van der Waals surface area contributed by atoms with E-state index in [0.29, 0.717) is 17.5 Å². The van der Waals surface area contributed by atoms with Crippen molar-refractivity contribution >= 4 is 32.4 Å². The Morgan fingerprint density at radius 2 is 2.05 bits per heavy atom. The molecule has 0 fully saturated rings. The normalized spacial score (nSPS) is 18.6. The van der Waals surface area contributed by atoms with Gasteiger partial charge in [-0.25, -0.2) is 8.42 Å². The third-order valence-electron chi connectivity index (χ3n) is 3.22. The highest BCUT2D eigenvalue weighted by Gasteiger charge is 2.30. The van der Waals surface area contributed by atoms with E-state index in [1.54, 1.807) is 13.8 Å². The predicted octanol–water partition coefficient (Wildman–Crippen LogP) is 2.61. The fraction of sp³-hybridized carbons (Fsp3) is 0.385. The second-order valence-corrected chi connectivity index (χ2v) is 7.15. The number of sulfone groups is 1. The number of nitrogens with zero attached hydrogens (tertiary/aromatic N) is 1. The van der Waals surface area contributed by atoms with Gasteiger partial charge in [-0.15, -0.1) is 0 Å². The van der Waals surface area contributed by atoms with Crippen LogP contribution in [0.4, 0.5) is 0 Å². The van der Waals surface area contributed by atoms with Crippen molar-refractivity contribution in [2.24, 2.45) is 5.16 Å². The lowest BCUT2D eigenvalue weighted by Gasteiger charge is -2.17. The molecule has 1 aromatic rings. The van der Waals surface area contributed by atoms with Crippen molar-refractivity contribution in [2.75, 3.05) is 6.26 Å². The first-order valence-corrected chi connectivity index (χ1v) is 8.21. The van der Waals surface area contributed by atoms with Gasteiger partial charge in [0, 0.05) is 23.8 Å². The molecule has 0 saturated heterocycles. The molecule has 0 saturated carbocycles. The van der Waals surface area contributed by atoms with Crippen LogP contribution < -0.4 is 0 Å². The average molecular weight is 316 g/mol. The molecule has 0 aromatic heterocycles. The van der Waals surface area contributed by atoms with E-state index in [9.17, 15) is 13.2 Å². The monoisotopic (exact) mass is 315 g/mol. The summed E-state index contributed by atoms with van der Waals surface area (Å²) in [6, 6.07) is 2.82. The number of oxime groups is 1. The quantitative estimate of drug-likeness (QED) is 0.804. The highest BCUT2D eigenvalue weighted by Crippen LogP contribution is 2.36. The van der Waals surface area contributed by atoms with Gasteiger partial charge in [-0.05, 0) is 43.1 Å². The van der Waals surface area contributed by atoms with Crippen molar-refractivity contribution < 1.29 is 18.0 Å². The zero-order chi connectivity index (χ0) is 15.1. The molecule has 20 heavy (non-hydrogen) atoms. The molecule has 1 unspecified atom stereocenters. The maximum absolute atomic E-state index is 11.9. The molecular weight excluding hydrogens is 302 g/mol. The molecule has 2 rings (SSSR count). The van der Waals surface area contributed by atoms with Crippen LogP contribution in [0.1, 0.15) is 40.9 Å². The van der Waals surface area contributed by atoms with Crippen LogP contribution in [0.2, 0.25) is 0 Å². The van der Waals surface area contributed by atoms with Crippen molar-refractivity contribution in [1.82, 2.24) is 0 Å². The Labute approximate surface area is 122 Å². The van der Waals surface area contributed by atoms with Crippen LogP contribution in [0.15, 0.2) is 22.2 Å². The topological polar surface area (TPSA) is 72.8 Å². The molecule has 5 nitrogen and oxygen atoms in total. The van der Waals surface area contributed by atoms with Crippen LogP contribution in [0.3, 0.4) is 0 Å². The predicted molar refractivity (Wildman–Crippen MR) is 76.0 cm³/mol. The Morgan fingerprint density at radius 3 is 2.50 bits per heavy atom. The summed E-state index contributed by atoms with van der Waals surface area (Å²) in [7, 11) is -3.44. The van der Waals surface area contributed by atoms with E-state index >= 15 is 0 Å². The van der Waals surface area contributed by atoms with Gasteiger partial charge in [0.25, 0.3) is 5.24 Å². The molecule has 0 spiro atoms. The number of halogens is 1. The molecule has 0 amide bonds. The molecular formula is C13H14ClNO4S. The molecule has 1 atom stereocenters. The molecule has 0 N–H and O–H groups in total. The molecule has 1 aliphatic rings. The largest absolute Gasteiger partial charge is 0.387 e. The van der Waals surface area contributed by atoms with Gasteiger partial charge in [-0.2, -0.15) is 0 Å². The highest BCUT2D eigenvalue weighted by atomic mass is 35.5. The number of benzene rings is 1. The van der Waals surface area contributed by atoms with Gasteiger partial charge in [0.1, 0.15) is 0 Å². The van der Waals surface area contributed by atoms with Crippen LogP contribution in [0.5, 0.6) is 0 Å². The summed E-state index contributed by atoms with van der Waals surface area (Å²) in [5, 5.41) is 3.21. The Bertz CT molecular complexity index is 709. The van der Waals surface area contributed by atoms with Crippen molar-refractivity contribution in [3.63, 3.8) is 0 Å². The molecule has 0 radical (unpaired) electrons. The lowest BCUT2D eigenvalue weighted by Crippen LogP contribution is -2.12. The Morgan fingerprint density at radius 1 is 1.40 bits per heavy atom. The molecule has 0 aliphatic carbocycles. The van der Waals surface area contributed by atoms with Crippen LogP contribution in [0, 0.1) is 6.92 Å². The Hall–Kier alpha value is -1.40. The van der Waals surface area contributed by atoms with Gasteiger partial charge in [-0.3, -0.25) is 4.79 Å². The fourth-order valence-electron chi connectivity index (χ4n) is 2.29. The van der Waals surface area contributed by atoms with E-state index in [4.69, 9.17) is 16.4 Å². The molecule has 1 heterocycles. The fourth-order valence-corrected chi connectivity index (χ4v) is 3.50. The van der Waals surface area contributed by atoms with E-state index in [1.807, 2.05) is 0 Å². The average Bonchev–Trinajstić information content (AvgIpc) is 2.73. The summed E-state index contributed by atoms with van der Waals surface area (Å²) < 4.78 is 23.8. The van der Waals surface area contributed by atoms with Crippen LogP contribution in [-0.4, -0.2) is 25.6 Å². The van der Waals surface area contributed by atoms with Gasteiger partial charge < -0.3 is 4.84 Å². The van der Waals surface area contributed by atoms with Gasteiger partial charge in [-0.1, -0.05) is 5.16 Å². The van der Waals surface area contributed by atoms with Gasteiger partial charge >= 0.3 is 0 Å². The second kappa shape index (κ2) is 5.18. The molecule has 7 heteroatoms. The number of carbonyl (C=O) groups excluding carboxylic acids is 1. The summed E-state index contributed by atoms with van der Waals surface area (Å²) in [5.74, 6) is 0. The SMILES string of the molecule is CC1=NOC(c2c(S(C)(=O)=O)ccc(C(=O)Cl)c2C)C1. The zero-order valence-corrected chi connectivity index (χ0v) is 12.9.